The monoisotopic (exact) mass is 271 g/mol. The Morgan fingerprint density at radius 1 is 1.25 bits per heavy atom. The molecule has 0 aliphatic rings. The van der Waals surface area contributed by atoms with E-state index in [2.05, 4.69) is 32.7 Å². The van der Waals surface area contributed by atoms with E-state index in [0.29, 0.717) is 17.3 Å². The lowest BCUT2D eigenvalue weighted by atomic mass is 10.1. The third-order valence-corrected chi connectivity index (χ3v) is 2.66. The number of aromatic nitrogens is 3. The van der Waals surface area contributed by atoms with Gasteiger partial charge in [0, 0.05) is 17.8 Å². The van der Waals surface area contributed by atoms with Crippen LogP contribution in [0.25, 0.3) is 0 Å². The second-order valence-corrected chi connectivity index (χ2v) is 4.35. The first kappa shape index (κ1) is 13.9. The minimum Gasteiger partial charge on any atom is -0.353 e. The number of Topliss-reactive ketones (excluding diaryl/α,β-unsaturated/α-hetero) is 1. The molecule has 0 atom stereocenters. The molecule has 0 aliphatic heterocycles. The second-order valence-electron chi connectivity index (χ2n) is 4.35. The van der Waals surface area contributed by atoms with E-state index in [0.717, 1.165) is 18.7 Å². The average molecular weight is 271 g/mol. The van der Waals surface area contributed by atoms with Crippen LogP contribution in [0.1, 0.15) is 30.6 Å². The van der Waals surface area contributed by atoms with Crippen molar-refractivity contribution in [2.24, 2.45) is 0 Å². The first-order chi connectivity index (χ1) is 9.69. The molecule has 20 heavy (non-hydrogen) atoms. The molecule has 0 fully saturated rings. The van der Waals surface area contributed by atoms with Crippen molar-refractivity contribution >= 4 is 23.2 Å². The van der Waals surface area contributed by atoms with Crippen LogP contribution in [0.2, 0.25) is 0 Å². The number of ketones is 1. The summed E-state index contributed by atoms with van der Waals surface area (Å²) in [5, 5.41) is 14.0. The summed E-state index contributed by atoms with van der Waals surface area (Å²) in [6, 6.07) is 7.21. The average Bonchev–Trinajstić information content (AvgIpc) is 2.46. The Morgan fingerprint density at radius 2 is 2.00 bits per heavy atom. The van der Waals surface area contributed by atoms with Gasteiger partial charge in [-0.25, -0.2) is 0 Å². The Kier molecular flexibility index (Phi) is 4.60. The number of rotatable bonds is 6. The van der Waals surface area contributed by atoms with Crippen molar-refractivity contribution in [3.05, 3.63) is 36.0 Å². The van der Waals surface area contributed by atoms with Crippen molar-refractivity contribution in [2.75, 3.05) is 17.2 Å². The smallest absolute Gasteiger partial charge is 0.244 e. The van der Waals surface area contributed by atoms with Crippen LogP contribution >= 0.6 is 0 Å². The minimum absolute atomic E-state index is 0.0475. The number of carbonyl (C=O) groups is 1. The van der Waals surface area contributed by atoms with Gasteiger partial charge >= 0.3 is 0 Å². The van der Waals surface area contributed by atoms with Crippen molar-refractivity contribution in [1.82, 2.24) is 15.2 Å². The van der Waals surface area contributed by atoms with Gasteiger partial charge in [0.25, 0.3) is 0 Å². The van der Waals surface area contributed by atoms with Crippen LogP contribution in [0.4, 0.5) is 17.5 Å². The number of hydrogen-bond donors (Lipinski definition) is 2. The number of nitrogens with one attached hydrogen (secondary N) is 2. The van der Waals surface area contributed by atoms with Gasteiger partial charge in [-0.05, 0) is 37.6 Å². The summed E-state index contributed by atoms with van der Waals surface area (Å²) in [7, 11) is 0. The summed E-state index contributed by atoms with van der Waals surface area (Å²) < 4.78 is 0. The van der Waals surface area contributed by atoms with Gasteiger partial charge in [-0.1, -0.05) is 6.92 Å². The van der Waals surface area contributed by atoms with Crippen LogP contribution in [0.5, 0.6) is 0 Å². The predicted molar refractivity (Wildman–Crippen MR) is 78.3 cm³/mol. The predicted octanol–water partition coefficient (Wildman–Crippen LogP) is 2.64. The highest BCUT2D eigenvalue weighted by Crippen LogP contribution is 2.15. The maximum atomic E-state index is 11.2. The van der Waals surface area contributed by atoms with Gasteiger partial charge in [-0.15, -0.1) is 5.10 Å². The fourth-order valence-electron chi connectivity index (χ4n) is 1.61. The molecule has 6 heteroatoms. The summed E-state index contributed by atoms with van der Waals surface area (Å²) in [5.74, 6) is 1.15. The van der Waals surface area contributed by atoms with Gasteiger partial charge in [-0.2, -0.15) is 10.1 Å². The van der Waals surface area contributed by atoms with E-state index >= 15 is 0 Å². The highest BCUT2D eigenvalue weighted by atomic mass is 16.1. The van der Waals surface area contributed by atoms with Crippen molar-refractivity contribution in [2.45, 2.75) is 20.3 Å². The van der Waals surface area contributed by atoms with Gasteiger partial charge in [0.1, 0.15) is 0 Å². The van der Waals surface area contributed by atoms with Crippen molar-refractivity contribution in [3.8, 4) is 0 Å². The molecule has 0 saturated heterocycles. The third kappa shape index (κ3) is 3.74. The SMILES string of the molecule is CCCNc1nncc(Nc2ccc(C(C)=O)cc2)n1. The van der Waals surface area contributed by atoms with Gasteiger partial charge in [-0.3, -0.25) is 4.79 Å². The number of carbonyl (C=O) groups excluding carboxylic acids is 1. The molecule has 0 unspecified atom stereocenters. The highest BCUT2D eigenvalue weighted by Gasteiger charge is 2.02. The van der Waals surface area contributed by atoms with Crippen molar-refractivity contribution in [1.29, 1.82) is 0 Å². The van der Waals surface area contributed by atoms with Gasteiger partial charge in [0.15, 0.2) is 11.6 Å². The van der Waals surface area contributed by atoms with Crippen LogP contribution < -0.4 is 10.6 Å². The number of hydrogen-bond acceptors (Lipinski definition) is 6. The maximum absolute atomic E-state index is 11.2. The molecule has 1 aromatic carbocycles. The molecular weight excluding hydrogens is 254 g/mol. The molecule has 0 radical (unpaired) electrons. The van der Waals surface area contributed by atoms with Crippen LogP contribution in [-0.4, -0.2) is 27.5 Å². The molecule has 6 nitrogen and oxygen atoms in total. The van der Waals surface area contributed by atoms with Crippen LogP contribution in [0.15, 0.2) is 30.5 Å². The number of benzene rings is 1. The van der Waals surface area contributed by atoms with Gasteiger partial charge < -0.3 is 10.6 Å². The van der Waals surface area contributed by atoms with E-state index < -0.39 is 0 Å². The van der Waals surface area contributed by atoms with Crippen molar-refractivity contribution in [3.63, 3.8) is 0 Å². The first-order valence-corrected chi connectivity index (χ1v) is 6.50. The van der Waals surface area contributed by atoms with Crippen LogP contribution in [0.3, 0.4) is 0 Å². The molecule has 0 bridgehead atoms. The quantitative estimate of drug-likeness (QED) is 0.786. The summed E-state index contributed by atoms with van der Waals surface area (Å²) >= 11 is 0. The normalized spacial score (nSPS) is 10.1. The van der Waals surface area contributed by atoms with Gasteiger partial charge in [0.2, 0.25) is 5.95 Å². The van der Waals surface area contributed by atoms with E-state index in [1.807, 2.05) is 12.1 Å². The lowest BCUT2D eigenvalue weighted by Gasteiger charge is -2.07. The Labute approximate surface area is 117 Å². The number of anilines is 3. The maximum Gasteiger partial charge on any atom is 0.244 e. The minimum atomic E-state index is 0.0475. The van der Waals surface area contributed by atoms with Gasteiger partial charge in [0.05, 0.1) is 6.20 Å². The Balaban J connectivity index is 2.07. The molecule has 0 spiro atoms. The zero-order valence-corrected chi connectivity index (χ0v) is 11.6. The fraction of sp³-hybridized carbons (Fsp3) is 0.286. The first-order valence-electron chi connectivity index (χ1n) is 6.50. The van der Waals surface area contributed by atoms with E-state index in [1.54, 1.807) is 25.3 Å². The number of nitrogens with zero attached hydrogens (tertiary/aromatic N) is 3. The van der Waals surface area contributed by atoms with E-state index in [9.17, 15) is 4.79 Å². The van der Waals surface area contributed by atoms with Crippen LogP contribution in [-0.2, 0) is 0 Å². The van der Waals surface area contributed by atoms with E-state index in [-0.39, 0.29) is 5.78 Å². The standard InChI is InChI=1S/C14H17N5O/c1-3-8-15-14-18-13(9-16-19-14)17-12-6-4-11(5-7-12)10(2)20/h4-7,9H,3,8H2,1-2H3,(H2,15,17,18,19). The molecule has 0 aliphatic carbocycles. The summed E-state index contributed by atoms with van der Waals surface area (Å²) in [5.41, 5.74) is 1.53. The van der Waals surface area contributed by atoms with E-state index in [4.69, 9.17) is 0 Å². The molecule has 1 aromatic heterocycles. The molecule has 1 heterocycles. The Bertz CT molecular complexity index is 582. The lowest BCUT2D eigenvalue weighted by molar-refractivity contribution is 0.101. The zero-order valence-electron chi connectivity index (χ0n) is 11.6. The molecule has 2 N–H and O–H groups in total. The molecule has 2 rings (SSSR count). The van der Waals surface area contributed by atoms with Crippen LogP contribution in [0, 0.1) is 0 Å². The fourth-order valence-corrected chi connectivity index (χ4v) is 1.61. The molecule has 2 aromatic rings. The summed E-state index contributed by atoms with van der Waals surface area (Å²) in [4.78, 5) is 15.5. The molecular formula is C14H17N5O. The lowest BCUT2D eigenvalue weighted by Crippen LogP contribution is -2.06. The van der Waals surface area contributed by atoms with E-state index in [1.165, 1.54) is 0 Å². The summed E-state index contributed by atoms with van der Waals surface area (Å²) in [6.45, 7) is 4.42. The Hall–Kier alpha value is -2.50. The second kappa shape index (κ2) is 6.60. The summed E-state index contributed by atoms with van der Waals surface area (Å²) in [6.07, 6.45) is 2.55. The molecule has 0 saturated carbocycles. The third-order valence-electron chi connectivity index (χ3n) is 2.66. The molecule has 104 valence electrons. The van der Waals surface area contributed by atoms with Crippen molar-refractivity contribution < 1.29 is 4.79 Å². The largest absolute Gasteiger partial charge is 0.353 e. The Morgan fingerprint density at radius 3 is 2.65 bits per heavy atom. The molecule has 0 amide bonds. The topological polar surface area (TPSA) is 79.8 Å². The zero-order chi connectivity index (χ0) is 14.4. The highest BCUT2D eigenvalue weighted by molar-refractivity contribution is 5.94.